The molecule has 0 aliphatic carbocycles. The number of likely N-dealkylation sites (N-methyl/N-ethyl adjacent to an activating group) is 1. The van der Waals surface area contributed by atoms with Crippen molar-refractivity contribution in [2.75, 3.05) is 13.6 Å². The Hall–Kier alpha value is -1.20. The molecule has 0 aliphatic rings. The summed E-state index contributed by atoms with van der Waals surface area (Å²) in [5.41, 5.74) is -0.275. The second-order valence-corrected chi connectivity index (χ2v) is 3.50. The van der Waals surface area contributed by atoms with Gasteiger partial charge in [-0.3, -0.25) is 4.79 Å². The molecule has 1 atom stereocenters. The van der Waals surface area contributed by atoms with Gasteiger partial charge in [0.15, 0.2) is 11.6 Å². The quantitative estimate of drug-likeness (QED) is 0.870. The fraction of sp³-hybridized carbons (Fsp3) is 0.364. The summed E-state index contributed by atoms with van der Waals surface area (Å²) in [6, 6.07) is 3.59. The van der Waals surface area contributed by atoms with Crippen LogP contribution in [0.25, 0.3) is 0 Å². The highest BCUT2D eigenvalue weighted by Crippen LogP contribution is 2.10. The molecule has 0 fully saturated rings. The van der Waals surface area contributed by atoms with Crippen LogP contribution in [0.5, 0.6) is 0 Å². The fourth-order valence-electron chi connectivity index (χ4n) is 1.12. The van der Waals surface area contributed by atoms with E-state index in [1.165, 1.54) is 12.1 Å². The van der Waals surface area contributed by atoms with E-state index in [9.17, 15) is 13.6 Å². The molecule has 0 aliphatic heterocycles. The van der Waals surface area contributed by atoms with Gasteiger partial charge >= 0.3 is 0 Å². The lowest BCUT2D eigenvalue weighted by Crippen LogP contribution is -2.37. The third kappa shape index (κ3) is 4.28. The number of carbonyl (C=O) groups excluding carboxylic acids is 1. The maximum Gasteiger partial charge on any atom is 0.254 e. The summed E-state index contributed by atoms with van der Waals surface area (Å²) >= 11 is 0. The first-order chi connectivity index (χ1) is 7.56. The molecule has 0 bridgehead atoms. The summed E-state index contributed by atoms with van der Waals surface area (Å²) in [5, 5.41) is 5.42. The molecule has 96 valence electrons. The predicted molar refractivity (Wildman–Crippen MR) is 64.5 cm³/mol. The molecular formula is C11H15ClF2N2O. The molecule has 1 rings (SSSR count). The first-order valence-corrected chi connectivity index (χ1v) is 4.95. The molecule has 1 amide bonds. The maximum atomic E-state index is 13.2. The van der Waals surface area contributed by atoms with Gasteiger partial charge in [0.05, 0.1) is 5.56 Å². The fourth-order valence-corrected chi connectivity index (χ4v) is 1.12. The van der Waals surface area contributed by atoms with Crippen molar-refractivity contribution in [3.05, 3.63) is 35.4 Å². The van der Waals surface area contributed by atoms with Crippen molar-refractivity contribution in [1.82, 2.24) is 10.6 Å². The SMILES string of the molecule is CNC(C)CNC(=O)c1cccc(F)c1F.Cl. The van der Waals surface area contributed by atoms with Gasteiger partial charge in [-0.15, -0.1) is 12.4 Å². The number of rotatable bonds is 4. The Bertz CT molecular complexity index is 388. The van der Waals surface area contributed by atoms with Crippen LogP contribution in [-0.2, 0) is 0 Å². The number of halogens is 3. The molecule has 2 N–H and O–H groups in total. The lowest BCUT2D eigenvalue weighted by Gasteiger charge is -2.11. The zero-order valence-corrected chi connectivity index (χ0v) is 10.4. The van der Waals surface area contributed by atoms with Crippen LogP contribution in [0.1, 0.15) is 17.3 Å². The summed E-state index contributed by atoms with van der Waals surface area (Å²) < 4.78 is 26.0. The predicted octanol–water partition coefficient (Wildman–Crippen LogP) is 1.72. The van der Waals surface area contributed by atoms with Gasteiger partial charge in [-0.1, -0.05) is 6.07 Å². The molecule has 0 radical (unpaired) electrons. The van der Waals surface area contributed by atoms with Crippen molar-refractivity contribution in [3.8, 4) is 0 Å². The first-order valence-electron chi connectivity index (χ1n) is 4.95. The topological polar surface area (TPSA) is 41.1 Å². The zero-order chi connectivity index (χ0) is 12.1. The zero-order valence-electron chi connectivity index (χ0n) is 9.59. The van der Waals surface area contributed by atoms with Crippen molar-refractivity contribution in [2.24, 2.45) is 0 Å². The third-order valence-electron chi connectivity index (χ3n) is 2.26. The van der Waals surface area contributed by atoms with Gasteiger partial charge in [0.2, 0.25) is 0 Å². The van der Waals surface area contributed by atoms with Crippen LogP contribution in [0, 0.1) is 11.6 Å². The average molecular weight is 265 g/mol. The minimum Gasteiger partial charge on any atom is -0.350 e. The number of benzene rings is 1. The number of nitrogens with one attached hydrogen (secondary N) is 2. The van der Waals surface area contributed by atoms with Gasteiger partial charge in [0.1, 0.15) is 0 Å². The van der Waals surface area contributed by atoms with E-state index in [4.69, 9.17) is 0 Å². The van der Waals surface area contributed by atoms with Gasteiger partial charge in [0.25, 0.3) is 5.91 Å². The Balaban J connectivity index is 0.00000256. The van der Waals surface area contributed by atoms with Crippen LogP contribution >= 0.6 is 12.4 Å². The van der Waals surface area contributed by atoms with Crippen molar-refractivity contribution >= 4 is 18.3 Å². The molecule has 0 aromatic heterocycles. The van der Waals surface area contributed by atoms with E-state index in [0.717, 1.165) is 6.07 Å². The highest BCUT2D eigenvalue weighted by Gasteiger charge is 2.14. The second kappa shape index (κ2) is 7.19. The molecule has 0 heterocycles. The number of hydrogen-bond acceptors (Lipinski definition) is 2. The highest BCUT2D eigenvalue weighted by molar-refractivity contribution is 5.94. The van der Waals surface area contributed by atoms with Crippen molar-refractivity contribution in [1.29, 1.82) is 0 Å². The lowest BCUT2D eigenvalue weighted by molar-refractivity contribution is 0.0945. The highest BCUT2D eigenvalue weighted by atomic mass is 35.5. The average Bonchev–Trinajstić information content (AvgIpc) is 2.29. The van der Waals surface area contributed by atoms with Crippen LogP contribution in [0.3, 0.4) is 0 Å². The number of carbonyl (C=O) groups is 1. The monoisotopic (exact) mass is 264 g/mol. The summed E-state index contributed by atoms with van der Waals surface area (Å²) in [7, 11) is 1.75. The smallest absolute Gasteiger partial charge is 0.254 e. The van der Waals surface area contributed by atoms with Gasteiger partial charge in [-0.2, -0.15) is 0 Å². The molecule has 3 nitrogen and oxygen atoms in total. The number of hydrogen-bond donors (Lipinski definition) is 2. The summed E-state index contributed by atoms with van der Waals surface area (Å²) in [4.78, 5) is 11.5. The lowest BCUT2D eigenvalue weighted by atomic mass is 10.2. The van der Waals surface area contributed by atoms with Crippen molar-refractivity contribution < 1.29 is 13.6 Å². The molecule has 0 spiro atoms. The summed E-state index contributed by atoms with van der Waals surface area (Å²) in [6.07, 6.45) is 0. The van der Waals surface area contributed by atoms with Gasteiger partial charge in [-0.25, -0.2) is 8.78 Å². The van der Waals surface area contributed by atoms with E-state index in [1.807, 2.05) is 6.92 Å². The second-order valence-electron chi connectivity index (χ2n) is 3.50. The van der Waals surface area contributed by atoms with Crippen LogP contribution < -0.4 is 10.6 Å². The van der Waals surface area contributed by atoms with Gasteiger partial charge in [-0.05, 0) is 26.1 Å². The molecule has 1 aromatic rings. The minimum atomic E-state index is -1.11. The molecule has 1 unspecified atom stereocenters. The Kier molecular flexibility index (Phi) is 6.68. The van der Waals surface area contributed by atoms with Crippen LogP contribution in [0.4, 0.5) is 8.78 Å². The van der Waals surface area contributed by atoms with E-state index in [1.54, 1.807) is 7.05 Å². The van der Waals surface area contributed by atoms with E-state index in [0.29, 0.717) is 6.54 Å². The standard InChI is InChI=1S/C11H14F2N2O.ClH/c1-7(14-2)6-15-11(16)8-4-3-5-9(12)10(8)13;/h3-5,7,14H,6H2,1-2H3,(H,15,16);1H. The van der Waals surface area contributed by atoms with Crippen molar-refractivity contribution in [2.45, 2.75) is 13.0 Å². The largest absolute Gasteiger partial charge is 0.350 e. The van der Waals surface area contributed by atoms with Crippen molar-refractivity contribution in [3.63, 3.8) is 0 Å². The Morgan fingerprint density at radius 2 is 2.06 bits per heavy atom. The van der Waals surface area contributed by atoms with Crippen LogP contribution in [0.2, 0.25) is 0 Å². The summed E-state index contributed by atoms with van der Waals surface area (Å²) in [5.74, 6) is -2.74. The first kappa shape index (κ1) is 15.8. The molecule has 0 saturated carbocycles. The molecule has 0 saturated heterocycles. The maximum absolute atomic E-state index is 13.2. The Morgan fingerprint density at radius 3 is 2.65 bits per heavy atom. The molecule has 6 heteroatoms. The molecule has 17 heavy (non-hydrogen) atoms. The normalized spacial score (nSPS) is 11.5. The number of amides is 1. The Morgan fingerprint density at radius 1 is 1.41 bits per heavy atom. The van der Waals surface area contributed by atoms with Gasteiger partial charge in [0, 0.05) is 12.6 Å². The molecular weight excluding hydrogens is 250 g/mol. The van der Waals surface area contributed by atoms with E-state index in [-0.39, 0.29) is 24.0 Å². The van der Waals surface area contributed by atoms with Gasteiger partial charge < -0.3 is 10.6 Å². The van der Waals surface area contributed by atoms with E-state index >= 15 is 0 Å². The van der Waals surface area contributed by atoms with E-state index < -0.39 is 17.5 Å². The molecule has 1 aromatic carbocycles. The van der Waals surface area contributed by atoms with Crippen LogP contribution in [0.15, 0.2) is 18.2 Å². The van der Waals surface area contributed by atoms with E-state index in [2.05, 4.69) is 10.6 Å². The van der Waals surface area contributed by atoms with Crippen LogP contribution in [-0.4, -0.2) is 25.5 Å². The third-order valence-corrected chi connectivity index (χ3v) is 2.26. The Labute approximate surface area is 105 Å². The minimum absolute atomic E-state index is 0. The summed E-state index contributed by atoms with van der Waals surface area (Å²) in [6.45, 7) is 2.22.